The third kappa shape index (κ3) is 3.89. The lowest BCUT2D eigenvalue weighted by Crippen LogP contribution is -2.11. The Morgan fingerprint density at radius 3 is 2.61 bits per heavy atom. The molecule has 1 aromatic heterocycles. The average molecular weight is 332 g/mol. The third-order valence-electron chi connectivity index (χ3n) is 3.97. The number of carbonyl (C=O) groups excluding carboxylic acids is 1. The Balaban J connectivity index is 1.61. The van der Waals surface area contributed by atoms with E-state index in [4.69, 9.17) is 0 Å². The molecule has 23 heavy (non-hydrogen) atoms. The summed E-state index contributed by atoms with van der Waals surface area (Å²) in [5, 5.41) is 22.8. The third-order valence-corrected chi connectivity index (χ3v) is 4.83. The van der Waals surface area contributed by atoms with Crippen molar-refractivity contribution >= 4 is 28.1 Å². The SMILES string of the molecule is O=C(Nc1nnc(CC2CCCC2)s1)c1ccc([N+](=O)[O-])cc1. The molecule has 3 rings (SSSR count). The Kier molecular flexibility index (Phi) is 4.61. The highest BCUT2D eigenvalue weighted by molar-refractivity contribution is 7.15. The average Bonchev–Trinajstić information content (AvgIpc) is 3.20. The summed E-state index contributed by atoms with van der Waals surface area (Å²) in [4.78, 5) is 22.2. The van der Waals surface area contributed by atoms with Gasteiger partial charge in [0.15, 0.2) is 0 Å². The number of hydrogen-bond donors (Lipinski definition) is 1. The summed E-state index contributed by atoms with van der Waals surface area (Å²) in [6, 6.07) is 5.46. The molecule has 1 amide bonds. The zero-order valence-corrected chi connectivity index (χ0v) is 13.2. The first-order valence-electron chi connectivity index (χ1n) is 7.50. The van der Waals surface area contributed by atoms with Crippen LogP contribution in [0.2, 0.25) is 0 Å². The van der Waals surface area contributed by atoms with Crippen LogP contribution in [0.4, 0.5) is 10.8 Å². The molecule has 1 N–H and O–H groups in total. The smallest absolute Gasteiger partial charge is 0.269 e. The summed E-state index contributed by atoms with van der Waals surface area (Å²) < 4.78 is 0. The molecule has 1 heterocycles. The van der Waals surface area contributed by atoms with Gasteiger partial charge < -0.3 is 0 Å². The van der Waals surface area contributed by atoms with Crippen molar-refractivity contribution < 1.29 is 9.72 Å². The number of hydrogen-bond acceptors (Lipinski definition) is 6. The Morgan fingerprint density at radius 2 is 1.96 bits per heavy atom. The molecule has 1 aromatic carbocycles. The van der Waals surface area contributed by atoms with Crippen LogP contribution in [0.25, 0.3) is 0 Å². The van der Waals surface area contributed by atoms with Crippen LogP contribution in [0, 0.1) is 16.0 Å². The number of nitrogens with zero attached hydrogens (tertiary/aromatic N) is 3. The molecule has 0 aliphatic heterocycles. The van der Waals surface area contributed by atoms with Crippen LogP contribution in [-0.4, -0.2) is 21.0 Å². The maximum absolute atomic E-state index is 12.1. The summed E-state index contributed by atoms with van der Waals surface area (Å²) in [7, 11) is 0. The number of aromatic nitrogens is 2. The number of carbonyl (C=O) groups is 1. The molecular weight excluding hydrogens is 316 g/mol. The maximum Gasteiger partial charge on any atom is 0.269 e. The van der Waals surface area contributed by atoms with Crippen LogP contribution in [0.1, 0.15) is 41.0 Å². The largest absolute Gasteiger partial charge is 0.296 e. The van der Waals surface area contributed by atoms with Crippen LogP contribution in [0.5, 0.6) is 0 Å². The van der Waals surface area contributed by atoms with E-state index in [-0.39, 0.29) is 11.6 Å². The van der Waals surface area contributed by atoms with Gasteiger partial charge in [0.2, 0.25) is 5.13 Å². The van der Waals surface area contributed by atoms with Crippen molar-refractivity contribution in [2.45, 2.75) is 32.1 Å². The first kappa shape index (κ1) is 15.5. The molecule has 8 heteroatoms. The van der Waals surface area contributed by atoms with Gasteiger partial charge in [0.05, 0.1) is 4.92 Å². The van der Waals surface area contributed by atoms with E-state index >= 15 is 0 Å². The van der Waals surface area contributed by atoms with Crippen LogP contribution in [0.15, 0.2) is 24.3 Å². The lowest BCUT2D eigenvalue weighted by molar-refractivity contribution is -0.384. The second kappa shape index (κ2) is 6.82. The minimum atomic E-state index is -0.498. The van der Waals surface area contributed by atoms with Gasteiger partial charge in [0.1, 0.15) is 5.01 Å². The van der Waals surface area contributed by atoms with Crippen molar-refractivity contribution in [2.75, 3.05) is 5.32 Å². The summed E-state index contributed by atoms with van der Waals surface area (Å²) in [6.45, 7) is 0. The van der Waals surface area contributed by atoms with Crippen molar-refractivity contribution in [2.24, 2.45) is 5.92 Å². The molecule has 0 saturated heterocycles. The molecule has 1 aliphatic rings. The lowest BCUT2D eigenvalue weighted by Gasteiger charge is -2.03. The standard InChI is InChI=1S/C15H16N4O3S/c20-14(11-5-7-12(8-6-11)19(21)22)16-15-18-17-13(23-15)9-10-3-1-2-4-10/h5-8,10H,1-4,9H2,(H,16,18,20). The zero-order valence-electron chi connectivity index (χ0n) is 12.4. The van der Waals surface area contributed by atoms with E-state index in [2.05, 4.69) is 15.5 Å². The highest BCUT2D eigenvalue weighted by atomic mass is 32.1. The number of anilines is 1. The summed E-state index contributed by atoms with van der Waals surface area (Å²) in [5.41, 5.74) is 0.305. The van der Waals surface area contributed by atoms with E-state index < -0.39 is 4.92 Å². The number of benzene rings is 1. The van der Waals surface area contributed by atoms with Gasteiger partial charge in [-0.25, -0.2) is 0 Å². The van der Waals surface area contributed by atoms with E-state index in [1.807, 2.05) is 0 Å². The van der Waals surface area contributed by atoms with Gasteiger partial charge >= 0.3 is 0 Å². The van der Waals surface area contributed by atoms with Crippen LogP contribution in [0.3, 0.4) is 0 Å². The first-order valence-corrected chi connectivity index (χ1v) is 8.31. The zero-order chi connectivity index (χ0) is 16.2. The summed E-state index contributed by atoms with van der Waals surface area (Å²) in [6.07, 6.45) is 5.97. The van der Waals surface area contributed by atoms with Gasteiger partial charge in [-0.3, -0.25) is 20.2 Å². The second-order valence-corrected chi connectivity index (χ2v) is 6.68. The lowest BCUT2D eigenvalue weighted by atomic mass is 10.1. The molecule has 1 saturated carbocycles. The number of non-ortho nitro benzene ring substituents is 1. The molecular formula is C15H16N4O3S. The summed E-state index contributed by atoms with van der Waals surface area (Å²) in [5.74, 6) is 0.338. The number of amides is 1. The van der Waals surface area contributed by atoms with Crippen molar-refractivity contribution in [3.05, 3.63) is 45.0 Å². The van der Waals surface area contributed by atoms with E-state index in [9.17, 15) is 14.9 Å². The fourth-order valence-corrected chi connectivity index (χ4v) is 3.60. The molecule has 0 radical (unpaired) electrons. The van der Waals surface area contributed by atoms with Crippen molar-refractivity contribution in [3.8, 4) is 0 Å². The van der Waals surface area contributed by atoms with Gasteiger partial charge in [0.25, 0.3) is 11.6 Å². The predicted molar refractivity (Wildman–Crippen MR) is 86.6 cm³/mol. The molecule has 7 nitrogen and oxygen atoms in total. The van der Waals surface area contributed by atoms with Gasteiger partial charge in [-0.15, -0.1) is 10.2 Å². The molecule has 0 bridgehead atoms. The molecule has 2 aromatic rings. The fourth-order valence-electron chi connectivity index (χ4n) is 2.75. The number of nitrogens with one attached hydrogen (secondary N) is 1. The minimum absolute atomic E-state index is 0.0451. The van der Waals surface area contributed by atoms with Gasteiger partial charge in [0, 0.05) is 24.1 Å². The van der Waals surface area contributed by atoms with Crippen LogP contribution >= 0.6 is 11.3 Å². The Bertz CT molecular complexity index is 708. The number of nitro groups is 1. The maximum atomic E-state index is 12.1. The normalized spacial score (nSPS) is 14.8. The Hall–Kier alpha value is -2.35. The molecule has 0 unspecified atom stereocenters. The quantitative estimate of drug-likeness (QED) is 0.668. The van der Waals surface area contributed by atoms with Gasteiger partial charge in [-0.05, 0) is 18.1 Å². The number of rotatable bonds is 5. The Labute approximate surface area is 136 Å². The van der Waals surface area contributed by atoms with Crippen molar-refractivity contribution in [3.63, 3.8) is 0 Å². The van der Waals surface area contributed by atoms with E-state index in [0.717, 1.165) is 11.4 Å². The molecule has 120 valence electrons. The Morgan fingerprint density at radius 1 is 1.26 bits per heavy atom. The van der Waals surface area contributed by atoms with Crippen molar-refractivity contribution in [1.82, 2.24) is 10.2 Å². The minimum Gasteiger partial charge on any atom is -0.296 e. The van der Waals surface area contributed by atoms with Gasteiger partial charge in [-0.1, -0.05) is 37.0 Å². The topological polar surface area (TPSA) is 98.0 Å². The number of nitro benzene ring substituents is 1. The highest BCUT2D eigenvalue weighted by Gasteiger charge is 2.18. The summed E-state index contributed by atoms with van der Waals surface area (Å²) >= 11 is 1.39. The fraction of sp³-hybridized carbons (Fsp3) is 0.400. The van der Waals surface area contributed by atoms with Gasteiger partial charge in [-0.2, -0.15) is 0 Å². The van der Waals surface area contributed by atoms with Crippen LogP contribution < -0.4 is 5.32 Å². The molecule has 0 spiro atoms. The molecule has 1 fully saturated rings. The van der Waals surface area contributed by atoms with Crippen molar-refractivity contribution in [1.29, 1.82) is 0 Å². The van der Waals surface area contributed by atoms with E-state index in [0.29, 0.717) is 16.6 Å². The van der Waals surface area contributed by atoms with Crippen LogP contribution in [-0.2, 0) is 6.42 Å². The van der Waals surface area contributed by atoms with E-state index in [1.54, 1.807) is 0 Å². The van der Waals surface area contributed by atoms with E-state index in [1.165, 1.54) is 61.3 Å². The second-order valence-electron chi connectivity index (χ2n) is 5.61. The predicted octanol–water partition coefficient (Wildman–Crippen LogP) is 3.43. The monoisotopic (exact) mass is 332 g/mol. The highest BCUT2D eigenvalue weighted by Crippen LogP contribution is 2.29. The first-order chi connectivity index (χ1) is 11.1. The molecule has 1 aliphatic carbocycles. The molecule has 0 atom stereocenters.